The van der Waals surface area contributed by atoms with Gasteiger partial charge in [-0.2, -0.15) is 0 Å². The number of para-hydroxylation sites is 1. The first-order valence-corrected chi connectivity index (χ1v) is 9.56. The summed E-state index contributed by atoms with van der Waals surface area (Å²) in [7, 11) is 0. The summed E-state index contributed by atoms with van der Waals surface area (Å²) < 4.78 is 5.58. The van der Waals surface area contributed by atoms with Gasteiger partial charge in [0.15, 0.2) is 0 Å². The summed E-state index contributed by atoms with van der Waals surface area (Å²) >= 11 is 0. The fourth-order valence-corrected chi connectivity index (χ4v) is 3.87. The molecule has 0 N–H and O–H groups in total. The normalized spacial score (nSPS) is 21.0. The number of amides is 1. The molecule has 2 heterocycles. The third kappa shape index (κ3) is 4.14. The third-order valence-electron chi connectivity index (χ3n) is 4.97. The van der Waals surface area contributed by atoms with Gasteiger partial charge in [-0.1, -0.05) is 31.5 Å². The first kappa shape index (κ1) is 18.6. The second kappa shape index (κ2) is 7.60. The molecule has 5 heteroatoms. The number of piperidine rings is 1. The molecule has 1 aromatic heterocycles. The lowest BCUT2D eigenvalue weighted by molar-refractivity contribution is 0.0138. The summed E-state index contributed by atoms with van der Waals surface area (Å²) in [5.74, 6) is 0.737. The number of likely N-dealkylation sites (tertiary alicyclic amines) is 1. The van der Waals surface area contributed by atoms with Crippen molar-refractivity contribution < 1.29 is 9.53 Å². The minimum absolute atomic E-state index is 0.204. The van der Waals surface area contributed by atoms with E-state index in [1.54, 1.807) is 6.33 Å². The summed E-state index contributed by atoms with van der Waals surface area (Å²) in [5, 5.41) is 1.13. The van der Waals surface area contributed by atoms with E-state index in [0.29, 0.717) is 18.4 Å². The topological polar surface area (TPSA) is 55.3 Å². The molecule has 0 radical (unpaired) electrons. The van der Waals surface area contributed by atoms with Crippen LogP contribution < -0.4 is 0 Å². The fraction of sp³-hybridized carbons (Fsp3) is 0.571. The van der Waals surface area contributed by atoms with Gasteiger partial charge in [0.25, 0.3) is 0 Å². The smallest absolute Gasteiger partial charge is 0.410 e. The molecule has 1 amide bonds. The average molecular weight is 355 g/mol. The first-order valence-electron chi connectivity index (χ1n) is 9.56. The van der Waals surface area contributed by atoms with Crippen LogP contribution in [0.2, 0.25) is 0 Å². The molecule has 0 bridgehead atoms. The summed E-state index contributed by atoms with van der Waals surface area (Å²) in [6.45, 7) is 9.36. The molecule has 1 aliphatic rings. The van der Waals surface area contributed by atoms with Crippen LogP contribution in [-0.4, -0.2) is 39.7 Å². The van der Waals surface area contributed by atoms with Gasteiger partial charge in [-0.15, -0.1) is 0 Å². The summed E-state index contributed by atoms with van der Waals surface area (Å²) in [4.78, 5) is 23.4. The molecule has 2 unspecified atom stereocenters. The van der Waals surface area contributed by atoms with Gasteiger partial charge in [-0.25, -0.2) is 14.8 Å². The molecule has 0 spiro atoms. The van der Waals surface area contributed by atoms with Crippen LogP contribution in [0.3, 0.4) is 0 Å². The van der Waals surface area contributed by atoms with Crippen molar-refractivity contribution in [2.75, 3.05) is 13.1 Å². The van der Waals surface area contributed by atoms with Gasteiger partial charge in [0.1, 0.15) is 11.9 Å². The quantitative estimate of drug-likeness (QED) is 0.796. The van der Waals surface area contributed by atoms with E-state index in [1.807, 2.05) is 43.9 Å². The minimum atomic E-state index is -0.461. The molecular formula is C21H29N3O2. The Morgan fingerprint density at radius 2 is 2.04 bits per heavy atom. The Hall–Kier alpha value is -2.17. The minimum Gasteiger partial charge on any atom is -0.444 e. The van der Waals surface area contributed by atoms with Crippen LogP contribution in [0.15, 0.2) is 30.6 Å². The maximum atomic E-state index is 12.5. The predicted octanol–water partition coefficient (Wildman–Crippen LogP) is 4.77. The van der Waals surface area contributed by atoms with Crippen molar-refractivity contribution >= 4 is 17.0 Å². The van der Waals surface area contributed by atoms with Gasteiger partial charge in [-0.3, -0.25) is 0 Å². The van der Waals surface area contributed by atoms with Gasteiger partial charge >= 0.3 is 6.09 Å². The lowest BCUT2D eigenvalue weighted by Gasteiger charge is -2.39. The van der Waals surface area contributed by atoms with Crippen LogP contribution in [0.5, 0.6) is 0 Å². The highest BCUT2D eigenvalue weighted by molar-refractivity contribution is 5.81. The van der Waals surface area contributed by atoms with Crippen molar-refractivity contribution in [3.63, 3.8) is 0 Å². The van der Waals surface area contributed by atoms with Crippen molar-refractivity contribution in [1.29, 1.82) is 0 Å². The molecule has 0 saturated carbocycles. The maximum absolute atomic E-state index is 12.5. The molecule has 2 atom stereocenters. The molecule has 1 fully saturated rings. The molecular weight excluding hydrogens is 326 g/mol. The first-order chi connectivity index (χ1) is 12.4. The number of hydrogen-bond donors (Lipinski definition) is 0. The summed E-state index contributed by atoms with van der Waals surface area (Å²) in [5.41, 5.74) is 1.65. The molecule has 26 heavy (non-hydrogen) atoms. The molecule has 2 aromatic rings. The van der Waals surface area contributed by atoms with Crippen molar-refractivity contribution in [3.05, 3.63) is 36.3 Å². The molecule has 0 aliphatic carbocycles. The van der Waals surface area contributed by atoms with Gasteiger partial charge in [-0.05, 0) is 45.6 Å². The van der Waals surface area contributed by atoms with Gasteiger partial charge in [0, 0.05) is 24.4 Å². The Kier molecular flexibility index (Phi) is 5.44. The number of ether oxygens (including phenoxy) is 1. The number of hydrogen-bond acceptors (Lipinski definition) is 4. The SMILES string of the molecule is CCCC1CN(C(=O)OC(C)(C)C)CCC1c1ncnc2ccccc12. The number of benzene rings is 1. The zero-order chi connectivity index (χ0) is 18.7. The Balaban J connectivity index is 1.84. The van der Waals surface area contributed by atoms with Crippen LogP contribution in [0.1, 0.15) is 58.6 Å². The number of fused-ring (bicyclic) bond motifs is 1. The number of carbonyl (C=O) groups is 1. The lowest BCUT2D eigenvalue weighted by atomic mass is 9.79. The van der Waals surface area contributed by atoms with E-state index in [2.05, 4.69) is 23.0 Å². The zero-order valence-corrected chi connectivity index (χ0v) is 16.2. The molecule has 3 rings (SSSR count). The molecule has 140 valence electrons. The van der Waals surface area contributed by atoms with Crippen LogP contribution in [0, 0.1) is 5.92 Å². The number of nitrogens with zero attached hydrogens (tertiary/aromatic N) is 3. The Morgan fingerprint density at radius 1 is 1.27 bits per heavy atom. The highest BCUT2D eigenvalue weighted by Gasteiger charge is 2.35. The van der Waals surface area contributed by atoms with E-state index in [0.717, 1.165) is 42.4 Å². The highest BCUT2D eigenvalue weighted by atomic mass is 16.6. The van der Waals surface area contributed by atoms with Gasteiger partial charge in [0.05, 0.1) is 11.2 Å². The Labute approximate surface area is 155 Å². The van der Waals surface area contributed by atoms with Gasteiger partial charge in [0.2, 0.25) is 0 Å². The second-order valence-corrected chi connectivity index (χ2v) is 8.15. The third-order valence-corrected chi connectivity index (χ3v) is 4.97. The monoisotopic (exact) mass is 355 g/mol. The van der Waals surface area contributed by atoms with Crippen LogP contribution in [0.25, 0.3) is 10.9 Å². The van der Waals surface area contributed by atoms with Crippen LogP contribution >= 0.6 is 0 Å². The van der Waals surface area contributed by atoms with E-state index in [-0.39, 0.29) is 6.09 Å². The Morgan fingerprint density at radius 3 is 2.77 bits per heavy atom. The fourth-order valence-electron chi connectivity index (χ4n) is 3.87. The molecule has 1 aromatic carbocycles. The van der Waals surface area contributed by atoms with E-state index >= 15 is 0 Å². The largest absolute Gasteiger partial charge is 0.444 e. The van der Waals surface area contributed by atoms with Crippen molar-refractivity contribution in [3.8, 4) is 0 Å². The van der Waals surface area contributed by atoms with E-state index in [1.165, 1.54) is 0 Å². The lowest BCUT2D eigenvalue weighted by Crippen LogP contribution is -2.45. The predicted molar refractivity (Wildman–Crippen MR) is 103 cm³/mol. The average Bonchev–Trinajstić information content (AvgIpc) is 2.60. The van der Waals surface area contributed by atoms with E-state index < -0.39 is 5.60 Å². The van der Waals surface area contributed by atoms with Crippen molar-refractivity contribution in [2.45, 2.75) is 58.5 Å². The van der Waals surface area contributed by atoms with Crippen molar-refractivity contribution in [2.24, 2.45) is 5.92 Å². The number of rotatable bonds is 3. The number of carbonyl (C=O) groups excluding carboxylic acids is 1. The standard InChI is InChI=1S/C21H29N3O2/c1-5-8-15-13-24(20(25)26-21(2,3)4)12-11-16(15)19-17-9-6-7-10-18(17)22-14-23-19/h6-7,9-10,14-16H,5,8,11-13H2,1-4H3. The summed E-state index contributed by atoms with van der Waals surface area (Å²) in [6, 6.07) is 8.19. The number of aromatic nitrogens is 2. The summed E-state index contributed by atoms with van der Waals surface area (Å²) in [6.07, 6.45) is 4.53. The highest BCUT2D eigenvalue weighted by Crippen LogP contribution is 2.37. The Bertz CT molecular complexity index is 764. The zero-order valence-electron chi connectivity index (χ0n) is 16.2. The van der Waals surface area contributed by atoms with Crippen LogP contribution in [0.4, 0.5) is 4.79 Å². The molecule has 1 aliphatic heterocycles. The second-order valence-electron chi connectivity index (χ2n) is 8.15. The van der Waals surface area contributed by atoms with E-state index in [4.69, 9.17) is 4.74 Å². The van der Waals surface area contributed by atoms with Crippen LogP contribution in [-0.2, 0) is 4.74 Å². The van der Waals surface area contributed by atoms with Gasteiger partial charge < -0.3 is 9.64 Å². The molecule has 1 saturated heterocycles. The van der Waals surface area contributed by atoms with E-state index in [9.17, 15) is 4.79 Å². The molecule has 5 nitrogen and oxygen atoms in total. The van der Waals surface area contributed by atoms with Crippen molar-refractivity contribution in [1.82, 2.24) is 14.9 Å². The maximum Gasteiger partial charge on any atom is 0.410 e.